The lowest BCUT2D eigenvalue weighted by atomic mass is 10.1. The molecule has 0 aliphatic carbocycles. The number of nitrogens with one attached hydrogen (secondary N) is 1. The summed E-state index contributed by atoms with van der Waals surface area (Å²) in [5.74, 6) is 0.759. The Hall–Kier alpha value is -2.64. The summed E-state index contributed by atoms with van der Waals surface area (Å²) in [6, 6.07) is 17.0. The fraction of sp³-hybridized carbons (Fsp3) is 0.130. The Labute approximate surface area is 190 Å². The van der Waals surface area contributed by atoms with Crippen LogP contribution in [-0.2, 0) is 6.42 Å². The molecule has 1 aromatic heterocycles. The number of fused-ring (bicyclic) bond motifs is 1. The Bertz CT molecular complexity index is 1230. The molecule has 0 aliphatic rings. The largest absolute Gasteiger partial charge is 0.495 e. The maximum absolute atomic E-state index is 12.8. The number of halogens is 2. The first kappa shape index (κ1) is 20.6. The van der Waals surface area contributed by atoms with Crippen molar-refractivity contribution in [2.24, 2.45) is 0 Å². The highest BCUT2D eigenvalue weighted by Gasteiger charge is 2.17. The topological polar surface area (TPSA) is 64.4 Å². The van der Waals surface area contributed by atoms with Crippen LogP contribution in [0, 0.1) is 0 Å². The van der Waals surface area contributed by atoms with E-state index in [1.807, 2.05) is 48.5 Å². The van der Waals surface area contributed by atoms with Crippen molar-refractivity contribution in [2.45, 2.75) is 13.3 Å². The van der Waals surface area contributed by atoms with E-state index in [4.69, 9.17) is 9.15 Å². The van der Waals surface area contributed by atoms with Crippen LogP contribution in [0.25, 0.3) is 22.6 Å². The van der Waals surface area contributed by atoms with Gasteiger partial charge in [0, 0.05) is 15.7 Å². The molecule has 7 heteroatoms. The molecule has 0 aliphatic heterocycles. The van der Waals surface area contributed by atoms with Crippen LogP contribution in [0.15, 0.2) is 68.0 Å². The molecule has 0 saturated heterocycles. The summed E-state index contributed by atoms with van der Waals surface area (Å²) in [4.78, 5) is 17.4. The van der Waals surface area contributed by atoms with E-state index in [0.29, 0.717) is 27.4 Å². The summed E-state index contributed by atoms with van der Waals surface area (Å²) in [6.07, 6.45) is 0.950. The van der Waals surface area contributed by atoms with Crippen molar-refractivity contribution in [1.82, 2.24) is 4.98 Å². The van der Waals surface area contributed by atoms with Gasteiger partial charge in [0.05, 0.1) is 17.1 Å². The number of rotatable bonds is 5. The zero-order valence-corrected chi connectivity index (χ0v) is 19.5. The van der Waals surface area contributed by atoms with Crippen molar-refractivity contribution in [3.63, 3.8) is 0 Å². The van der Waals surface area contributed by atoms with Gasteiger partial charge >= 0.3 is 0 Å². The van der Waals surface area contributed by atoms with Crippen LogP contribution in [-0.4, -0.2) is 18.0 Å². The van der Waals surface area contributed by atoms with Gasteiger partial charge in [0.25, 0.3) is 5.91 Å². The third kappa shape index (κ3) is 4.13. The zero-order chi connectivity index (χ0) is 21.3. The Morgan fingerprint density at radius 2 is 1.87 bits per heavy atom. The molecule has 0 saturated carbocycles. The van der Waals surface area contributed by atoms with Crippen molar-refractivity contribution < 1.29 is 13.9 Å². The Morgan fingerprint density at radius 1 is 1.10 bits per heavy atom. The second kappa shape index (κ2) is 8.62. The predicted molar refractivity (Wildman–Crippen MR) is 125 cm³/mol. The zero-order valence-electron chi connectivity index (χ0n) is 16.3. The van der Waals surface area contributed by atoms with E-state index in [1.165, 1.54) is 12.7 Å². The second-order valence-corrected chi connectivity index (χ2v) is 8.44. The third-order valence-corrected chi connectivity index (χ3v) is 5.75. The van der Waals surface area contributed by atoms with Gasteiger partial charge in [0.2, 0.25) is 5.89 Å². The molecule has 0 bridgehead atoms. The van der Waals surface area contributed by atoms with Gasteiger partial charge in [-0.25, -0.2) is 4.98 Å². The first-order valence-corrected chi connectivity index (χ1v) is 10.9. The van der Waals surface area contributed by atoms with Crippen LogP contribution < -0.4 is 10.1 Å². The lowest BCUT2D eigenvalue weighted by Gasteiger charge is -2.12. The van der Waals surface area contributed by atoms with Crippen molar-refractivity contribution in [3.05, 3.63) is 74.7 Å². The molecule has 0 unspecified atom stereocenters. The van der Waals surface area contributed by atoms with Gasteiger partial charge in [0.1, 0.15) is 11.3 Å². The minimum Gasteiger partial charge on any atom is -0.495 e. The first-order chi connectivity index (χ1) is 14.5. The van der Waals surface area contributed by atoms with Gasteiger partial charge < -0.3 is 14.5 Å². The smallest absolute Gasteiger partial charge is 0.259 e. The third-order valence-electron chi connectivity index (χ3n) is 4.71. The summed E-state index contributed by atoms with van der Waals surface area (Å²) in [6.45, 7) is 2.11. The highest BCUT2D eigenvalue weighted by molar-refractivity contribution is 9.11. The van der Waals surface area contributed by atoms with E-state index in [-0.39, 0.29) is 5.91 Å². The van der Waals surface area contributed by atoms with E-state index in [2.05, 4.69) is 49.1 Å². The minimum atomic E-state index is -0.268. The minimum absolute atomic E-state index is 0.268. The van der Waals surface area contributed by atoms with E-state index < -0.39 is 0 Å². The molecule has 0 spiro atoms. The maximum atomic E-state index is 12.8. The highest BCUT2D eigenvalue weighted by Crippen LogP contribution is 2.33. The van der Waals surface area contributed by atoms with Gasteiger partial charge in [-0.05, 0) is 76.4 Å². The van der Waals surface area contributed by atoms with Gasteiger partial charge in [-0.1, -0.05) is 28.9 Å². The van der Waals surface area contributed by atoms with Crippen molar-refractivity contribution in [3.8, 4) is 17.2 Å². The fourth-order valence-electron chi connectivity index (χ4n) is 3.15. The van der Waals surface area contributed by atoms with E-state index in [0.717, 1.165) is 27.6 Å². The summed E-state index contributed by atoms with van der Waals surface area (Å²) in [5.41, 5.74) is 4.74. The number of aromatic nitrogens is 1. The summed E-state index contributed by atoms with van der Waals surface area (Å²) >= 11 is 6.82. The molecule has 30 heavy (non-hydrogen) atoms. The molecule has 1 N–H and O–H groups in total. The van der Waals surface area contributed by atoms with Gasteiger partial charge in [0.15, 0.2) is 5.58 Å². The molecule has 1 amide bonds. The molecule has 0 fully saturated rings. The Kier molecular flexibility index (Phi) is 5.92. The quantitative estimate of drug-likeness (QED) is 0.307. The second-order valence-electron chi connectivity index (χ2n) is 6.67. The maximum Gasteiger partial charge on any atom is 0.259 e. The van der Waals surface area contributed by atoms with Crippen molar-refractivity contribution >= 4 is 54.6 Å². The Morgan fingerprint density at radius 3 is 2.57 bits per heavy atom. The average molecular weight is 530 g/mol. The Balaban J connectivity index is 1.56. The molecule has 152 valence electrons. The predicted octanol–water partition coefficient (Wildman–Crippen LogP) is 6.84. The molecule has 4 aromatic rings. The summed E-state index contributed by atoms with van der Waals surface area (Å²) < 4.78 is 12.7. The molecular formula is C23H18Br2N2O3. The lowest BCUT2D eigenvalue weighted by molar-refractivity contribution is 0.102. The number of aryl methyl sites for hydroxylation is 1. The molecule has 4 rings (SSSR count). The SMILES string of the molecule is CCc1ccc2oc(-c3ccc(NC(=O)c4cc(Br)cc(Br)c4OC)cc3)nc2c1. The summed E-state index contributed by atoms with van der Waals surface area (Å²) in [7, 11) is 1.53. The molecule has 0 atom stereocenters. The van der Waals surface area contributed by atoms with E-state index in [1.54, 1.807) is 6.07 Å². The van der Waals surface area contributed by atoms with Crippen LogP contribution in [0.3, 0.4) is 0 Å². The molecule has 0 radical (unpaired) electrons. The number of oxazole rings is 1. The number of amides is 1. The number of nitrogens with zero attached hydrogens (tertiary/aromatic N) is 1. The van der Waals surface area contributed by atoms with Crippen LogP contribution in [0.5, 0.6) is 5.75 Å². The molecule has 3 aromatic carbocycles. The monoisotopic (exact) mass is 528 g/mol. The number of methoxy groups -OCH3 is 1. The van der Waals surface area contributed by atoms with Crippen LogP contribution in [0.4, 0.5) is 5.69 Å². The molecule has 5 nitrogen and oxygen atoms in total. The standard InChI is InChI=1S/C23H18Br2N2O3/c1-3-13-4-9-20-19(10-13)27-23(30-20)14-5-7-16(8-6-14)26-22(28)17-11-15(24)12-18(25)21(17)29-2/h4-12H,3H2,1-2H3,(H,26,28). The van der Waals surface area contributed by atoms with Gasteiger partial charge in [-0.15, -0.1) is 0 Å². The van der Waals surface area contributed by atoms with E-state index in [9.17, 15) is 4.79 Å². The average Bonchev–Trinajstić information content (AvgIpc) is 3.17. The summed E-state index contributed by atoms with van der Waals surface area (Å²) in [5, 5.41) is 2.90. The van der Waals surface area contributed by atoms with Crippen molar-refractivity contribution in [2.75, 3.05) is 12.4 Å². The number of hydrogen-bond donors (Lipinski definition) is 1. The number of carbonyl (C=O) groups excluding carboxylic acids is 1. The van der Waals surface area contributed by atoms with Crippen LogP contribution in [0.2, 0.25) is 0 Å². The fourth-order valence-corrected chi connectivity index (χ4v) is 4.53. The van der Waals surface area contributed by atoms with Crippen LogP contribution in [0.1, 0.15) is 22.8 Å². The molecule has 1 heterocycles. The van der Waals surface area contributed by atoms with Crippen molar-refractivity contribution in [1.29, 1.82) is 0 Å². The van der Waals surface area contributed by atoms with E-state index >= 15 is 0 Å². The normalized spacial score (nSPS) is 10.9. The first-order valence-electron chi connectivity index (χ1n) is 9.32. The number of ether oxygens (including phenoxy) is 1. The number of hydrogen-bond acceptors (Lipinski definition) is 4. The van der Waals surface area contributed by atoms with Gasteiger partial charge in [-0.2, -0.15) is 0 Å². The highest BCUT2D eigenvalue weighted by atomic mass is 79.9. The van der Waals surface area contributed by atoms with Crippen LogP contribution >= 0.6 is 31.9 Å². The number of anilines is 1. The lowest BCUT2D eigenvalue weighted by Crippen LogP contribution is -2.13. The number of benzene rings is 3. The van der Waals surface area contributed by atoms with Gasteiger partial charge in [-0.3, -0.25) is 4.79 Å². The molecular weight excluding hydrogens is 512 g/mol. The number of carbonyl (C=O) groups is 1.